The molecule has 2 rings (SSSR count). The van der Waals surface area contributed by atoms with E-state index in [1.165, 1.54) is 10.5 Å². The smallest absolute Gasteiger partial charge is 0.135 e. The second kappa shape index (κ2) is 3.88. The molecule has 1 aromatic carbocycles. The zero-order valence-corrected chi connectivity index (χ0v) is 8.43. The van der Waals surface area contributed by atoms with Gasteiger partial charge < -0.3 is 4.74 Å². The SMILES string of the molecule is CC1=C(c2ccccc2)OCCS1. The highest BCUT2D eigenvalue weighted by molar-refractivity contribution is 8.03. The Balaban J connectivity index is 2.35. The minimum absolute atomic E-state index is 0.826. The fourth-order valence-corrected chi connectivity index (χ4v) is 2.16. The van der Waals surface area contributed by atoms with Crippen molar-refractivity contribution in [3.05, 3.63) is 40.8 Å². The van der Waals surface area contributed by atoms with E-state index in [1.54, 1.807) is 0 Å². The van der Waals surface area contributed by atoms with Gasteiger partial charge >= 0.3 is 0 Å². The van der Waals surface area contributed by atoms with Crippen LogP contribution in [0.2, 0.25) is 0 Å². The summed E-state index contributed by atoms with van der Waals surface area (Å²) in [5.41, 5.74) is 1.19. The molecule has 1 aromatic rings. The molecule has 1 aliphatic rings. The Kier molecular flexibility index (Phi) is 2.60. The van der Waals surface area contributed by atoms with E-state index < -0.39 is 0 Å². The van der Waals surface area contributed by atoms with E-state index in [-0.39, 0.29) is 0 Å². The van der Waals surface area contributed by atoms with Crippen LogP contribution in [0.1, 0.15) is 12.5 Å². The number of ether oxygens (including phenoxy) is 1. The van der Waals surface area contributed by atoms with E-state index >= 15 is 0 Å². The topological polar surface area (TPSA) is 9.23 Å². The Morgan fingerprint density at radius 2 is 2.00 bits per heavy atom. The number of thioether (sulfide) groups is 1. The molecule has 1 heterocycles. The fraction of sp³-hybridized carbons (Fsp3) is 0.273. The first-order chi connectivity index (χ1) is 6.38. The Morgan fingerprint density at radius 3 is 2.69 bits per heavy atom. The number of allylic oxidation sites excluding steroid dienone is 1. The Labute approximate surface area is 82.8 Å². The van der Waals surface area contributed by atoms with Crippen molar-refractivity contribution in [2.45, 2.75) is 6.92 Å². The van der Waals surface area contributed by atoms with Gasteiger partial charge in [0.05, 0.1) is 6.61 Å². The molecule has 0 amide bonds. The molecule has 0 saturated heterocycles. The second-order valence-corrected chi connectivity index (χ2v) is 4.26. The molecule has 0 bridgehead atoms. The largest absolute Gasteiger partial charge is 0.491 e. The predicted octanol–water partition coefficient (Wildman–Crippen LogP) is 3.14. The van der Waals surface area contributed by atoms with Crippen LogP contribution in [0, 0.1) is 0 Å². The van der Waals surface area contributed by atoms with Gasteiger partial charge in [-0.2, -0.15) is 0 Å². The number of benzene rings is 1. The van der Waals surface area contributed by atoms with Crippen molar-refractivity contribution in [1.82, 2.24) is 0 Å². The number of hydrogen-bond acceptors (Lipinski definition) is 2. The van der Waals surface area contributed by atoms with Gasteiger partial charge in [-0.05, 0) is 6.92 Å². The molecule has 0 aliphatic carbocycles. The highest BCUT2D eigenvalue weighted by Gasteiger charge is 2.11. The Bertz CT molecular complexity index is 316. The highest BCUT2D eigenvalue weighted by atomic mass is 32.2. The molecule has 0 N–H and O–H groups in total. The van der Waals surface area contributed by atoms with Gasteiger partial charge in [-0.25, -0.2) is 0 Å². The minimum atomic E-state index is 0.826. The summed E-state index contributed by atoms with van der Waals surface area (Å²) in [4.78, 5) is 1.29. The predicted molar refractivity (Wildman–Crippen MR) is 57.4 cm³/mol. The Hall–Kier alpha value is -0.890. The first-order valence-electron chi connectivity index (χ1n) is 4.40. The van der Waals surface area contributed by atoms with Gasteiger partial charge in [-0.15, -0.1) is 11.8 Å². The van der Waals surface area contributed by atoms with E-state index in [2.05, 4.69) is 19.1 Å². The Morgan fingerprint density at radius 1 is 1.23 bits per heavy atom. The summed E-state index contributed by atoms with van der Waals surface area (Å²) >= 11 is 1.88. The zero-order chi connectivity index (χ0) is 9.10. The number of hydrogen-bond donors (Lipinski definition) is 0. The molecule has 2 heteroatoms. The van der Waals surface area contributed by atoms with Crippen LogP contribution in [0.3, 0.4) is 0 Å². The van der Waals surface area contributed by atoms with Crippen molar-refractivity contribution in [3.8, 4) is 0 Å². The standard InChI is InChI=1S/C11H12OS/c1-9-11(12-7-8-13-9)10-5-3-2-4-6-10/h2-6H,7-8H2,1H3. The number of rotatable bonds is 1. The summed E-state index contributed by atoms with van der Waals surface area (Å²) in [6, 6.07) is 10.3. The molecule has 0 spiro atoms. The maximum atomic E-state index is 5.64. The molecule has 0 aromatic heterocycles. The second-order valence-electron chi connectivity index (χ2n) is 2.95. The quantitative estimate of drug-likeness (QED) is 0.676. The summed E-state index contributed by atoms with van der Waals surface area (Å²) in [5.74, 6) is 2.12. The van der Waals surface area contributed by atoms with Crippen molar-refractivity contribution >= 4 is 17.5 Å². The van der Waals surface area contributed by atoms with Gasteiger partial charge in [0.1, 0.15) is 5.76 Å². The van der Waals surface area contributed by atoms with E-state index in [0.717, 1.165) is 18.1 Å². The fourth-order valence-electron chi connectivity index (χ4n) is 1.38. The molecule has 0 unspecified atom stereocenters. The van der Waals surface area contributed by atoms with Crippen LogP contribution in [0.15, 0.2) is 35.2 Å². The van der Waals surface area contributed by atoms with Crippen molar-refractivity contribution in [2.24, 2.45) is 0 Å². The molecule has 0 fully saturated rings. The third kappa shape index (κ3) is 1.89. The molecule has 0 atom stereocenters. The zero-order valence-electron chi connectivity index (χ0n) is 7.62. The lowest BCUT2D eigenvalue weighted by Crippen LogP contribution is -2.04. The molecule has 0 radical (unpaired) electrons. The summed E-state index contributed by atoms with van der Waals surface area (Å²) in [6.07, 6.45) is 0. The lowest BCUT2D eigenvalue weighted by molar-refractivity contribution is 0.297. The molecule has 0 saturated carbocycles. The first-order valence-corrected chi connectivity index (χ1v) is 5.38. The maximum Gasteiger partial charge on any atom is 0.135 e. The van der Waals surface area contributed by atoms with E-state index in [1.807, 2.05) is 30.0 Å². The van der Waals surface area contributed by atoms with Crippen LogP contribution in [-0.4, -0.2) is 12.4 Å². The van der Waals surface area contributed by atoms with Crippen LogP contribution in [-0.2, 0) is 4.74 Å². The molecular formula is C11H12OS. The van der Waals surface area contributed by atoms with Crippen LogP contribution in [0.4, 0.5) is 0 Å². The molecule has 13 heavy (non-hydrogen) atoms. The van der Waals surface area contributed by atoms with Gasteiger partial charge in [-0.1, -0.05) is 30.3 Å². The maximum absolute atomic E-state index is 5.64. The lowest BCUT2D eigenvalue weighted by Gasteiger charge is -2.18. The third-order valence-corrected chi connectivity index (χ3v) is 2.99. The average Bonchev–Trinajstić information content (AvgIpc) is 2.20. The summed E-state index contributed by atoms with van der Waals surface area (Å²) in [5, 5.41) is 0. The van der Waals surface area contributed by atoms with Crippen molar-refractivity contribution < 1.29 is 4.74 Å². The van der Waals surface area contributed by atoms with Gasteiger partial charge in [0.15, 0.2) is 0 Å². The van der Waals surface area contributed by atoms with E-state index in [4.69, 9.17) is 4.74 Å². The van der Waals surface area contributed by atoms with Gasteiger partial charge in [-0.3, -0.25) is 0 Å². The van der Waals surface area contributed by atoms with Crippen LogP contribution < -0.4 is 0 Å². The molecular weight excluding hydrogens is 180 g/mol. The molecule has 68 valence electrons. The van der Waals surface area contributed by atoms with Crippen LogP contribution >= 0.6 is 11.8 Å². The third-order valence-electron chi connectivity index (χ3n) is 2.00. The van der Waals surface area contributed by atoms with E-state index in [9.17, 15) is 0 Å². The normalized spacial score (nSPS) is 17.0. The monoisotopic (exact) mass is 192 g/mol. The van der Waals surface area contributed by atoms with Crippen LogP contribution in [0.25, 0.3) is 5.76 Å². The highest BCUT2D eigenvalue weighted by Crippen LogP contribution is 2.31. The average molecular weight is 192 g/mol. The van der Waals surface area contributed by atoms with Crippen molar-refractivity contribution in [2.75, 3.05) is 12.4 Å². The van der Waals surface area contributed by atoms with Crippen LogP contribution in [0.5, 0.6) is 0 Å². The van der Waals surface area contributed by atoms with Crippen molar-refractivity contribution in [1.29, 1.82) is 0 Å². The van der Waals surface area contributed by atoms with Gasteiger partial charge in [0.25, 0.3) is 0 Å². The first kappa shape index (κ1) is 8.70. The summed E-state index contributed by atoms with van der Waals surface area (Å²) < 4.78 is 5.64. The van der Waals surface area contributed by atoms with E-state index in [0.29, 0.717) is 0 Å². The van der Waals surface area contributed by atoms with Gasteiger partial charge in [0.2, 0.25) is 0 Å². The minimum Gasteiger partial charge on any atom is -0.491 e. The van der Waals surface area contributed by atoms with Gasteiger partial charge in [0, 0.05) is 16.2 Å². The lowest BCUT2D eigenvalue weighted by atomic mass is 10.2. The molecule has 1 nitrogen and oxygen atoms in total. The summed E-state index contributed by atoms with van der Waals surface area (Å²) in [7, 11) is 0. The molecule has 1 aliphatic heterocycles. The summed E-state index contributed by atoms with van der Waals surface area (Å²) in [6.45, 7) is 2.94. The van der Waals surface area contributed by atoms with Crippen molar-refractivity contribution in [3.63, 3.8) is 0 Å².